The van der Waals surface area contributed by atoms with Crippen LogP contribution in [0.2, 0.25) is 0 Å². The van der Waals surface area contributed by atoms with Crippen molar-refractivity contribution in [2.24, 2.45) is 0 Å². The molecule has 0 aliphatic heterocycles. The summed E-state index contributed by atoms with van der Waals surface area (Å²) in [7, 11) is 1.58. The van der Waals surface area contributed by atoms with Crippen molar-refractivity contribution < 1.29 is 13.9 Å². The number of hydrogen-bond donors (Lipinski definition) is 1. The number of carbonyl (C=O) groups is 1. The van der Waals surface area contributed by atoms with Crippen molar-refractivity contribution in [3.05, 3.63) is 65.6 Å². The minimum absolute atomic E-state index is 0.0611. The predicted octanol–water partition coefficient (Wildman–Crippen LogP) is 3.55. The van der Waals surface area contributed by atoms with Gasteiger partial charge in [-0.3, -0.25) is 4.79 Å². The van der Waals surface area contributed by atoms with Crippen LogP contribution in [0.15, 0.2) is 48.5 Å². The van der Waals surface area contributed by atoms with E-state index in [-0.39, 0.29) is 11.3 Å². The second kappa shape index (κ2) is 4.81. The van der Waals surface area contributed by atoms with Crippen molar-refractivity contribution >= 4 is 16.7 Å². The van der Waals surface area contributed by atoms with Gasteiger partial charge in [0.1, 0.15) is 11.6 Å². The van der Waals surface area contributed by atoms with Crippen LogP contribution in [0.1, 0.15) is 16.1 Å². The molecule has 0 amide bonds. The highest BCUT2D eigenvalue weighted by Gasteiger charge is 2.15. The highest BCUT2D eigenvalue weighted by molar-refractivity contribution is 6.10. The molecule has 4 heteroatoms. The standard InChI is InChI=1S/C16H12FNO2/c1-20-11-6-7-14-10(8-11)9-15(18-14)16(19)12-4-2-3-5-13(12)17/h2-9,18H,1H3. The van der Waals surface area contributed by atoms with Crippen LogP contribution in [0.5, 0.6) is 5.75 Å². The third-order valence-corrected chi connectivity index (χ3v) is 3.19. The van der Waals surface area contributed by atoms with Gasteiger partial charge < -0.3 is 9.72 Å². The second-order valence-electron chi connectivity index (χ2n) is 4.45. The highest BCUT2D eigenvalue weighted by atomic mass is 19.1. The maximum atomic E-state index is 13.6. The number of ether oxygens (including phenoxy) is 1. The molecule has 3 aromatic rings. The molecule has 1 N–H and O–H groups in total. The van der Waals surface area contributed by atoms with E-state index in [0.29, 0.717) is 11.4 Å². The fourth-order valence-corrected chi connectivity index (χ4v) is 2.15. The minimum atomic E-state index is -0.520. The van der Waals surface area contributed by atoms with E-state index in [9.17, 15) is 9.18 Å². The molecule has 3 nitrogen and oxygen atoms in total. The average molecular weight is 269 g/mol. The number of aromatic nitrogens is 1. The first-order valence-corrected chi connectivity index (χ1v) is 6.15. The number of methoxy groups -OCH3 is 1. The van der Waals surface area contributed by atoms with E-state index in [1.807, 2.05) is 12.1 Å². The topological polar surface area (TPSA) is 42.1 Å². The Morgan fingerprint density at radius 2 is 1.95 bits per heavy atom. The van der Waals surface area contributed by atoms with Crippen molar-refractivity contribution in [3.63, 3.8) is 0 Å². The minimum Gasteiger partial charge on any atom is -0.497 e. The van der Waals surface area contributed by atoms with Gasteiger partial charge in [0.05, 0.1) is 18.4 Å². The van der Waals surface area contributed by atoms with E-state index in [1.54, 1.807) is 31.4 Å². The van der Waals surface area contributed by atoms with Gasteiger partial charge in [0.15, 0.2) is 0 Å². The summed E-state index contributed by atoms with van der Waals surface area (Å²) in [6.07, 6.45) is 0. The number of nitrogens with one attached hydrogen (secondary N) is 1. The quantitative estimate of drug-likeness (QED) is 0.739. The van der Waals surface area contributed by atoms with Crippen molar-refractivity contribution in [3.8, 4) is 5.75 Å². The summed E-state index contributed by atoms with van der Waals surface area (Å²) in [6, 6.07) is 13.1. The van der Waals surface area contributed by atoms with E-state index in [1.165, 1.54) is 12.1 Å². The third-order valence-electron chi connectivity index (χ3n) is 3.19. The molecule has 100 valence electrons. The monoisotopic (exact) mass is 269 g/mol. The first kappa shape index (κ1) is 12.4. The van der Waals surface area contributed by atoms with Gasteiger partial charge in [-0.15, -0.1) is 0 Å². The summed E-state index contributed by atoms with van der Waals surface area (Å²) in [5.41, 5.74) is 1.23. The molecular weight excluding hydrogens is 257 g/mol. The summed E-state index contributed by atoms with van der Waals surface area (Å²) >= 11 is 0. The van der Waals surface area contributed by atoms with Crippen LogP contribution < -0.4 is 4.74 Å². The molecule has 0 unspecified atom stereocenters. The van der Waals surface area contributed by atoms with Gasteiger partial charge in [0.2, 0.25) is 5.78 Å². The summed E-state index contributed by atoms with van der Waals surface area (Å²) < 4.78 is 18.8. The Kier molecular flexibility index (Phi) is 2.99. The number of aromatic amines is 1. The van der Waals surface area contributed by atoms with Gasteiger partial charge in [-0.25, -0.2) is 4.39 Å². The first-order chi connectivity index (χ1) is 9.69. The van der Waals surface area contributed by atoms with Gasteiger partial charge in [0, 0.05) is 10.9 Å². The van der Waals surface area contributed by atoms with E-state index in [4.69, 9.17) is 4.74 Å². The van der Waals surface area contributed by atoms with Gasteiger partial charge in [-0.2, -0.15) is 0 Å². The lowest BCUT2D eigenvalue weighted by Crippen LogP contribution is -2.04. The summed E-state index contributed by atoms with van der Waals surface area (Å²) in [5.74, 6) is -0.173. The van der Waals surface area contributed by atoms with Gasteiger partial charge in [-0.1, -0.05) is 12.1 Å². The molecular formula is C16H12FNO2. The van der Waals surface area contributed by atoms with Crippen LogP contribution in [-0.2, 0) is 0 Å². The number of ketones is 1. The Bertz CT molecular complexity index is 792. The first-order valence-electron chi connectivity index (χ1n) is 6.15. The molecule has 3 rings (SSSR count). The molecule has 0 atom stereocenters. The van der Waals surface area contributed by atoms with Crippen molar-refractivity contribution in [2.45, 2.75) is 0 Å². The number of fused-ring (bicyclic) bond motifs is 1. The molecule has 1 heterocycles. The number of H-pyrrole nitrogens is 1. The van der Waals surface area contributed by atoms with Crippen LogP contribution in [-0.4, -0.2) is 17.9 Å². The lowest BCUT2D eigenvalue weighted by molar-refractivity contribution is 0.103. The number of hydrogen-bond acceptors (Lipinski definition) is 2. The highest BCUT2D eigenvalue weighted by Crippen LogP contribution is 2.23. The molecule has 0 aliphatic carbocycles. The summed E-state index contributed by atoms with van der Waals surface area (Å²) in [6.45, 7) is 0. The molecule has 0 aliphatic rings. The molecule has 0 spiro atoms. The lowest BCUT2D eigenvalue weighted by Gasteiger charge is -1.99. The largest absolute Gasteiger partial charge is 0.497 e. The molecule has 0 saturated carbocycles. The van der Waals surface area contributed by atoms with Crippen LogP contribution in [0.25, 0.3) is 10.9 Å². The number of rotatable bonds is 3. The SMILES string of the molecule is COc1ccc2[nH]c(C(=O)c3ccccc3F)cc2c1. The summed E-state index contributed by atoms with van der Waals surface area (Å²) in [4.78, 5) is 15.3. The molecule has 0 bridgehead atoms. The smallest absolute Gasteiger partial charge is 0.212 e. The van der Waals surface area contributed by atoms with Crippen LogP contribution >= 0.6 is 0 Å². The van der Waals surface area contributed by atoms with Crippen LogP contribution in [0.3, 0.4) is 0 Å². The zero-order valence-electron chi connectivity index (χ0n) is 10.8. The molecule has 0 fully saturated rings. The Morgan fingerprint density at radius 3 is 2.70 bits per heavy atom. The maximum Gasteiger partial charge on any atom is 0.212 e. The summed E-state index contributed by atoms with van der Waals surface area (Å²) in [5, 5.41) is 0.851. The Balaban J connectivity index is 2.06. The predicted molar refractivity (Wildman–Crippen MR) is 74.7 cm³/mol. The van der Waals surface area contributed by atoms with E-state index in [0.717, 1.165) is 10.9 Å². The van der Waals surface area contributed by atoms with Crippen LogP contribution in [0, 0.1) is 5.82 Å². The van der Waals surface area contributed by atoms with Gasteiger partial charge in [0.25, 0.3) is 0 Å². The molecule has 20 heavy (non-hydrogen) atoms. The molecule has 2 aromatic carbocycles. The molecule has 0 radical (unpaired) electrons. The normalized spacial score (nSPS) is 10.7. The van der Waals surface area contributed by atoms with Crippen LogP contribution in [0.4, 0.5) is 4.39 Å². The number of carbonyl (C=O) groups excluding carboxylic acids is 1. The third kappa shape index (κ3) is 2.05. The Labute approximate surface area is 115 Å². The number of halogens is 1. The molecule has 0 saturated heterocycles. The van der Waals surface area contributed by atoms with Gasteiger partial charge in [-0.05, 0) is 36.4 Å². The Morgan fingerprint density at radius 1 is 1.15 bits per heavy atom. The van der Waals surface area contributed by atoms with E-state index < -0.39 is 5.82 Å². The van der Waals surface area contributed by atoms with Crippen molar-refractivity contribution in [2.75, 3.05) is 7.11 Å². The lowest BCUT2D eigenvalue weighted by atomic mass is 10.1. The zero-order chi connectivity index (χ0) is 14.1. The zero-order valence-corrected chi connectivity index (χ0v) is 10.8. The van der Waals surface area contributed by atoms with Crippen molar-refractivity contribution in [1.82, 2.24) is 4.98 Å². The number of benzene rings is 2. The maximum absolute atomic E-state index is 13.6. The average Bonchev–Trinajstić information content (AvgIpc) is 2.89. The van der Waals surface area contributed by atoms with E-state index >= 15 is 0 Å². The van der Waals surface area contributed by atoms with Gasteiger partial charge >= 0.3 is 0 Å². The molecule has 1 aromatic heterocycles. The Hall–Kier alpha value is -2.62. The van der Waals surface area contributed by atoms with E-state index in [2.05, 4.69) is 4.98 Å². The fraction of sp³-hybridized carbons (Fsp3) is 0.0625. The second-order valence-corrected chi connectivity index (χ2v) is 4.45. The fourth-order valence-electron chi connectivity index (χ4n) is 2.15. The van der Waals surface area contributed by atoms with Crippen molar-refractivity contribution in [1.29, 1.82) is 0 Å².